The summed E-state index contributed by atoms with van der Waals surface area (Å²) in [4.78, 5) is 4.82. The van der Waals surface area contributed by atoms with E-state index in [0.717, 1.165) is 45.8 Å². The van der Waals surface area contributed by atoms with Crippen LogP contribution in [0.3, 0.4) is 0 Å². The molecule has 0 bridgehead atoms. The molecule has 0 aromatic heterocycles. The van der Waals surface area contributed by atoms with Crippen LogP contribution in [0.15, 0.2) is 89.6 Å². The molecule has 32 heavy (non-hydrogen) atoms. The molecule has 0 aliphatic rings. The summed E-state index contributed by atoms with van der Waals surface area (Å²) >= 11 is 0. The molecule has 0 atom stereocenters. The van der Waals surface area contributed by atoms with E-state index < -0.39 is 0 Å². The second-order valence-corrected chi connectivity index (χ2v) is 7.50. The molecule has 0 amide bonds. The summed E-state index contributed by atoms with van der Waals surface area (Å²) in [5, 5.41) is 3.33. The molecule has 0 heterocycles. The molecular weight excluding hydrogens is 399 g/mol. The van der Waals surface area contributed by atoms with Crippen LogP contribution in [0.4, 0.5) is 4.39 Å². The number of aliphatic imine (C=N–C) groups is 1. The first-order valence-electron chi connectivity index (χ1n) is 10.8. The van der Waals surface area contributed by atoms with Crippen LogP contribution in [-0.2, 0) is 0 Å². The number of ether oxygens (including phenoxy) is 1. The quantitative estimate of drug-likeness (QED) is 0.259. The third kappa shape index (κ3) is 7.09. The van der Waals surface area contributed by atoms with Gasteiger partial charge in [-0.25, -0.2) is 4.39 Å². The van der Waals surface area contributed by atoms with Crippen molar-refractivity contribution in [1.82, 2.24) is 5.32 Å². The van der Waals surface area contributed by atoms with Crippen molar-refractivity contribution in [1.29, 1.82) is 0 Å². The van der Waals surface area contributed by atoms with Crippen molar-refractivity contribution in [2.45, 2.75) is 34.1 Å². The molecule has 2 aromatic carbocycles. The number of halogens is 1. The third-order valence-electron chi connectivity index (χ3n) is 5.06. The van der Waals surface area contributed by atoms with Gasteiger partial charge in [0, 0.05) is 11.1 Å². The van der Waals surface area contributed by atoms with Gasteiger partial charge < -0.3 is 10.1 Å². The smallest absolute Gasteiger partial charge is 0.133 e. The maximum atomic E-state index is 13.4. The highest BCUT2D eigenvalue weighted by molar-refractivity contribution is 6.02. The number of nitrogens with zero attached hydrogens (tertiary/aromatic N) is 1. The first kappa shape index (κ1) is 24.9. The van der Waals surface area contributed by atoms with Crippen molar-refractivity contribution in [3.63, 3.8) is 0 Å². The first-order chi connectivity index (χ1) is 15.4. The van der Waals surface area contributed by atoms with Crippen molar-refractivity contribution in [3.8, 4) is 16.9 Å². The van der Waals surface area contributed by atoms with Gasteiger partial charge in [-0.1, -0.05) is 55.5 Å². The fourth-order valence-corrected chi connectivity index (χ4v) is 3.00. The summed E-state index contributed by atoms with van der Waals surface area (Å²) < 4.78 is 19.1. The normalized spacial score (nSPS) is 12.6. The Hall–Kier alpha value is -3.40. The average Bonchev–Trinajstić information content (AvgIpc) is 2.80. The number of hydrogen-bond donors (Lipinski definition) is 1. The highest BCUT2D eigenvalue weighted by Gasteiger charge is 2.14. The number of benzene rings is 2. The van der Waals surface area contributed by atoms with Crippen LogP contribution in [0.25, 0.3) is 11.1 Å². The number of rotatable bonds is 9. The Bertz CT molecular complexity index is 1040. The minimum atomic E-state index is -0.263. The van der Waals surface area contributed by atoms with Crippen LogP contribution in [0.2, 0.25) is 0 Å². The third-order valence-corrected chi connectivity index (χ3v) is 5.06. The van der Waals surface area contributed by atoms with Gasteiger partial charge in [-0.05, 0) is 74.4 Å². The fraction of sp³-hybridized carbons (Fsp3) is 0.250. The van der Waals surface area contributed by atoms with E-state index in [0.29, 0.717) is 6.54 Å². The van der Waals surface area contributed by atoms with Crippen LogP contribution in [0, 0.1) is 12.7 Å². The van der Waals surface area contributed by atoms with Crippen LogP contribution in [0.1, 0.15) is 38.3 Å². The van der Waals surface area contributed by atoms with E-state index in [-0.39, 0.29) is 5.82 Å². The lowest BCUT2D eigenvalue weighted by Crippen LogP contribution is -2.21. The predicted molar refractivity (Wildman–Crippen MR) is 135 cm³/mol. The molecule has 0 unspecified atom stereocenters. The molecule has 0 spiro atoms. The summed E-state index contributed by atoms with van der Waals surface area (Å²) in [6, 6.07) is 10.5. The van der Waals surface area contributed by atoms with Gasteiger partial charge in [0.2, 0.25) is 0 Å². The Morgan fingerprint density at radius 2 is 1.88 bits per heavy atom. The van der Waals surface area contributed by atoms with Gasteiger partial charge in [0.05, 0.1) is 13.7 Å². The monoisotopic (exact) mass is 432 g/mol. The lowest BCUT2D eigenvalue weighted by atomic mass is 9.98. The van der Waals surface area contributed by atoms with E-state index in [4.69, 9.17) is 9.73 Å². The van der Waals surface area contributed by atoms with E-state index >= 15 is 0 Å². The Morgan fingerprint density at radius 3 is 2.50 bits per heavy atom. The molecule has 0 aliphatic heterocycles. The number of hydrogen-bond acceptors (Lipinski definition) is 2. The standard InChI is InChI=1S/C28H33FN2O/c1-7-9-16-30-28(31-19-21(4)11-10-20(3)8-2)26-17-24(18-27(32-6)22(26)5)23-12-14-25(29)15-13-23/h8-18H,4,7,19H2,1-3,5-6H3,(H,30,31)/b11-10-,16-9+,20-8-. The predicted octanol–water partition coefficient (Wildman–Crippen LogP) is 7.15. The minimum Gasteiger partial charge on any atom is -0.496 e. The first-order valence-corrected chi connectivity index (χ1v) is 10.8. The largest absolute Gasteiger partial charge is 0.496 e. The molecule has 168 valence electrons. The number of allylic oxidation sites excluding steroid dienone is 4. The molecule has 2 aromatic rings. The van der Waals surface area contributed by atoms with E-state index in [2.05, 4.69) is 24.9 Å². The van der Waals surface area contributed by atoms with Crippen LogP contribution in [-0.4, -0.2) is 19.5 Å². The molecule has 0 saturated carbocycles. The Morgan fingerprint density at radius 1 is 1.16 bits per heavy atom. The van der Waals surface area contributed by atoms with Gasteiger partial charge in [-0.3, -0.25) is 4.99 Å². The van der Waals surface area contributed by atoms with E-state index in [1.165, 1.54) is 17.7 Å². The van der Waals surface area contributed by atoms with Gasteiger partial charge >= 0.3 is 0 Å². The minimum absolute atomic E-state index is 0.263. The molecule has 0 fully saturated rings. The summed E-state index contributed by atoms with van der Waals surface area (Å²) in [5.74, 6) is 1.21. The highest BCUT2D eigenvalue weighted by atomic mass is 19.1. The number of methoxy groups -OCH3 is 1. The Kier molecular flexibility index (Phi) is 9.68. The molecule has 0 aliphatic carbocycles. The van der Waals surface area contributed by atoms with E-state index in [1.807, 2.05) is 57.3 Å². The summed E-state index contributed by atoms with van der Waals surface area (Å²) in [5.41, 5.74) is 5.81. The Labute approximate surface area is 191 Å². The van der Waals surface area contributed by atoms with Gasteiger partial charge in [-0.15, -0.1) is 0 Å². The topological polar surface area (TPSA) is 33.6 Å². The van der Waals surface area contributed by atoms with Crippen molar-refractivity contribution in [2.75, 3.05) is 13.7 Å². The molecule has 4 heteroatoms. The highest BCUT2D eigenvalue weighted by Crippen LogP contribution is 2.30. The van der Waals surface area contributed by atoms with Gasteiger partial charge in [0.1, 0.15) is 17.4 Å². The molecular formula is C28H33FN2O. The maximum absolute atomic E-state index is 13.4. The van der Waals surface area contributed by atoms with Gasteiger partial charge in [-0.2, -0.15) is 0 Å². The van der Waals surface area contributed by atoms with Crippen LogP contribution in [0.5, 0.6) is 5.75 Å². The molecule has 2 rings (SSSR count). The number of nitrogens with one attached hydrogen (secondary N) is 1. The zero-order chi connectivity index (χ0) is 23.5. The lowest BCUT2D eigenvalue weighted by molar-refractivity contribution is 0.412. The summed E-state index contributed by atoms with van der Waals surface area (Å²) in [6.07, 6.45) is 10.9. The second-order valence-electron chi connectivity index (χ2n) is 7.50. The number of amidine groups is 1. The molecule has 0 radical (unpaired) electrons. The lowest BCUT2D eigenvalue weighted by Gasteiger charge is -2.16. The van der Waals surface area contributed by atoms with Gasteiger partial charge in [0.15, 0.2) is 0 Å². The van der Waals surface area contributed by atoms with Crippen molar-refractivity contribution < 1.29 is 9.13 Å². The fourth-order valence-electron chi connectivity index (χ4n) is 3.00. The van der Waals surface area contributed by atoms with Crippen molar-refractivity contribution >= 4 is 5.84 Å². The maximum Gasteiger partial charge on any atom is 0.133 e. The van der Waals surface area contributed by atoms with Gasteiger partial charge in [0.25, 0.3) is 0 Å². The van der Waals surface area contributed by atoms with Crippen molar-refractivity contribution in [2.24, 2.45) is 4.99 Å². The molecule has 1 N–H and O–H groups in total. The molecule has 0 saturated heterocycles. The summed E-state index contributed by atoms with van der Waals surface area (Å²) in [7, 11) is 1.65. The van der Waals surface area contributed by atoms with Crippen LogP contribution >= 0.6 is 0 Å². The zero-order valence-corrected chi connectivity index (χ0v) is 19.7. The average molecular weight is 433 g/mol. The van der Waals surface area contributed by atoms with Crippen LogP contribution < -0.4 is 10.1 Å². The SMILES string of the molecule is C=C(/C=C\C(C)=C/C)CN=C(N/C=C/CC)c1cc(-c2ccc(F)cc2)cc(OC)c1C. The second kappa shape index (κ2) is 12.5. The van der Waals surface area contributed by atoms with E-state index in [9.17, 15) is 4.39 Å². The Balaban J connectivity index is 2.50. The molecule has 3 nitrogen and oxygen atoms in total. The summed E-state index contributed by atoms with van der Waals surface area (Å²) in [6.45, 7) is 12.7. The zero-order valence-electron chi connectivity index (χ0n) is 19.7. The van der Waals surface area contributed by atoms with Crippen molar-refractivity contribution in [3.05, 3.63) is 102 Å². The van der Waals surface area contributed by atoms with E-state index in [1.54, 1.807) is 19.2 Å².